The predicted molar refractivity (Wildman–Crippen MR) is 153 cm³/mol. The summed E-state index contributed by atoms with van der Waals surface area (Å²) in [6.07, 6.45) is 6.51. The summed E-state index contributed by atoms with van der Waals surface area (Å²) in [5.41, 5.74) is 2.59. The second-order valence-corrected chi connectivity index (χ2v) is 10.4. The molecule has 0 unspecified atom stereocenters. The highest BCUT2D eigenvalue weighted by Gasteiger charge is 2.20. The summed E-state index contributed by atoms with van der Waals surface area (Å²) < 4.78 is 5.47. The van der Waals surface area contributed by atoms with Crippen LogP contribution in [-0.4, -0.2) is 96.6 Å². The van der Waals surface area contributed by atoms with E-state index in [1.807, 2.05) is 37.3 Å². The number of hydrogen-bond donors (Lipinski definition) is 1. The Labute approximate surface area is 226 Å². The zero-order valence-electron chi connectivity index (χ0n) is 22.8. The van der Waals surface area contributed by atoms with E-state index in [4.69, 9.17) is 9.72 Å². The average molecular weight is 517 g/mol. The number of carbonyl (C=O) groups is 1. The highest BCUT2D eigenvalue weighted by atomic mass is 16.5. The molecule has 38 heavy (non-hydrogen) atoms. The second kappa shape index (κ2) is 12.7. The number of ether oxygens (including phenoxy) is 1. The predicted octanol–water partition coefficient (Wildman–Crippen LogP) is 3.91. The van der Waals surface area contributed by atoms with E-state index in [2.05, 4.69) is 31.1 Å². The lowest BCUT2D eigenvalue weighted by molar-refractivity contribution is -0.117. The van der Waals surface area contributed by atoms with Crippen molar-refractivity contribution in [3.05, 3.63) is 48.4 Å². The fourth-order valence-corrected chi connectivity index (χ4v) is 5.53. The van der Waals surface area contributed by atoms with Gasteiger partial charge < -0.3 is 19.9 Å². The molecule has 8 nitrogen and oxygen atoms in total. The first-order chi connectivity index (χ1) is 18.6. The lowest BCUT2D eigenvalue weighted by Crippen LogP contribution is -2.49. The average Bonchev–Trinajstić information content (AvgIpc) is 3.47. The summed E-state index contributed by atoms with van der Waals surface area (Å²) in [4.78, 5) is 29.6. The maximum Gasteiger partial charge on any atom is 0.238 e. The molecular weight excluding hydrogens is 476 g/mol. The summed E-state index contributed by atoms with van der Waals surface area (Å²) >= 11 is 0. The van der Waals surface area contributed by atoms with E-state index < -0.39 is 0 Å². The number of fused-ring (bicyclic) bond motifs is 1. The van der Waals surface area contributed by atoms with Gasteiger partial charge in [0.25, 0.3) is 0 Å². The number of nitrogens with one attached hydrogen (secondary N) is 1. The Balaban J connectivity index is 1.23. The molecule has 2 saturated heterocycles. The Morgan fingerprint density at radius 2 is 1.68 bits per heavy atom. The molecule has 0 atom stereocenters. The number of aryl methyl sites for hydroxylation is 1. The molecule has 3 aromatic rings. The van der Waals surface area contributed by atoms with Crippen molar-refractivity contribution in [2.24, 2.45) is 0 Å². The smallest absolute Gasteiger partial charge is 0.238 e. The second-order valence-electron chi connectivity index (χ2n) is 10.4. The Hall–Kier alpha value is -3.07. The number of benzene rings is 2. The number of anilines is 1. The number of hydrogen-bond acceptors (Lipinski definition) is 7. The molecule has 8 heteroatoms. The molecule has 2 aliphatic rings. The van der Waals surface area contributed by atoms with E-state index >= 15 is 0 Å². The third-order valence-electron chi connectivity index (χ3n) is 7.73. The van der Waals surface area contributed by atoms with Gasteiger partial charge in [0.05, 0.1) is 19.3 Å². The highest BCUT2D eigenvalue weighted by Crippen LogP contribution is 2.33. The highest BCUT2D eigenvalue weighted by molar-refractivity contribution is 6.05. The van der Waals surface area contributed by atoms with Crippen molar-refractivity contribution in [3.8, 4) is 17.0 Å². The van der Waals surface area contributed by atoms with Crippen LogP contribution in [0.25, 0.3) is 22.0 Å². The fourth-order valence-electron chi connectivity index (χ4n) is 5.53. The van der Waals surface area contributed by atoms with Crippen LogP contribution < -0.4 is 10.1 Å². The monoisotopic (exact) mass is 516 g/mol. The van der Waals surface area contributed by atoms with Crippen LogP contribution in [0.15, 0.2) is 42.6 Å². The van der Waals surface area contributed by atoms with E-state index in [9.17, 15) is 4.79 Å². The molecule has 1 N–H and O–H groups in total. The molecule has 0 spiro atoms. The van der Waals surface area contributed by atoms with Crippen molar-refractivity contribution < 1.29 is 9.53 Å². The van der Waals surface area contributed by atoms with Crippen molar-refractivity contribution in [2.75, 3.05) is 71.3 Å². The Morgan fingerprint density at radius 1 is 0.947 bits per heavy atom. The van der Waals surface area contributed by atoms with Crippen LogP contribution in [0.3, 0.4) is 0 Å². The van der Waals surface area contributed by atoms with Crippen LogP contribution >= 0.6 is 0 Å². The molecule has 3 heterocycles. The zero-order valence-corrected chi connectivity index (χ0v) is 22.8. The summed E-state index contributed by atoms with van der Waals surface area (Å²) in [7, 11) is 1.66. The molecular formula is C30H40N6O2. The minimum atomic E-state index is 0.00527. The van der Waals surface area contributed by atoms with Crippen molar-refractivity contribution in [3.63, 3.8) is 0 Å². The van der Waals surface area contributed by atoms with Gasteiger partial charge in [-0.25, -0.2) is 9.97 Å². The third-order valence-corrected chi connectivity index (χ3v) is 7.73. The Bertz CT molecular complexity index is 1230. The van der Waals surface area contributed by atoms with Gasteiger partial charge >= 0.3 is 0 Å². The first kappa shape index (κ1) is 26.5. The number of methoxy groups -OCH3 is 1. The summed E-state index contributed by atoms with van der Waals surface area (Å²) in [5.74, 6) is 1.57. The summed E-state index contributed by atoms with van der Waals surface area (Å²) in [6.45, 7) is 11.2. The lowest BCUT2D eigenvalue weighted by atomic mass is 10.0. The van der Waals surface area contributed by atoms with Gasteiger partial charge in [0, 0.05) is 55.4 Å². The van der Waals surface area contributed by atoms with Crippen LogP contribution in [0.5, 0.6) is 5.75 Å². The number of likely N-dealkylation sites (tertiary alicyclic amines) is 1. The van der Waals surface area contributed by atoms with Gasteiger partial charge in [0.15, 0.2) is 0 Å². The third kappa shape index (κ3) is 6.67. The number of carbonyl (C=O) groups excluding carboxylic acids is 1. The normalized spacial score (nSPS) is 17.2. The van der Waals surface area contributed by atoms with Gasteiger partial charge in [0.1, 0.15) is 11.6 Å². The van der Waals surface area contributed by atoms with Crippen molar-refractivity contribution >= 4 is 22.4 Å². The SMILES string of the molecule is CCc1nccc(-c2cc(NC(=O)CN3CCN(CCCN4CCCC4)CC3)c3cc(OC)ccc3c2)n1. The van der Waals surface area contributed by atoms with Gasteiger partial charge in [-0.05, 0) is 81.2 Å². The Kier molecular flexibility index (Phi) is 8.83. The number of aromatic nitrogens is 2. The van der Waals surface area contributed by atoms with Gasteiger partial charge in [-0.1, -0.05) is 13.0 Å². The maximum absolute atomic E-state index is 13.2. The number of rotatable bonds is 10. The van der Waals surface area contributed by atoms with Gasteiger partial charge in [-0.15, -0.1) is 0 Å². The topological polar surface area (TPSA) is 73.8 Å². The summed E-state index contributed by atoms with van der Waals surface area (Å²) in [5, 5.41) is 5.18. The van der Waals surface area contributed by atoms with Gasteiger partial charge in [-0.3, -0.25) is 9.69 Å². The molecule has 0 radical (unpaired) electrons. The van der Waals surface area contributed by atoms with Gasteiger partial charge in [0.2, 0.25) is 5.91 Å². The first-order valence-electron chi connectivity index (χ1n) is 14.0. The van der Waals surface area contributed by atoms with E-state index in [1.54, 1.807) is 13.3 Å². The lowest BCUT2D eigenvalue weighted by Gasteiger charge is -2.34. The van der Waals surface area contributed by atoms with Crippen LogP contribution in [0.1, 0.15) is 32.0 Å². The molecule has 2 aromatic carbocycles. The molecule has 0 saturated carbocycles. The molecule has 5 rings (SSSR count). The molecule has 2 fully saturated rings. The number of nitrogens with zero attached hydrogens (tertiary/aromatic N) is 5. The minimum Gasteiger partial charge on any atom is -0.497 e. The van der Waals surface area contributed by atoms with E-state index in [-0.39, 0.29) is 5.91 Å². The van der Waals surface area contributed by atoms with Crippen LogP contribution in [0.2, 0.25) is 0 Å². The molecule has 1 amide bonds. The van der Waals surface area contributed by atoms with Crippen LogP contribution in [0, 0.1) is 0 Å². The quantitative estimate of drug-likeness (QED) is 0.438. The Morgan fingerprint density at radius 3 is 2.42 bits per heavy atom. The standard InChI is InChI=1S/C30H40N6O2/c1-3-29-31-10-9-27(32-29)24-19-23-7-8-25(38-2)21-26(23)28(20-24)33-30(37)22-36-17-15-35(16-18-36)14-6-13-34-11-4-5-12-34/h7-10,19-21H,3-6,11-18,22H2,1-2H3,(H,33,37). The largest absolute Gasteiger partial charge is 0.497 e. The minimum absolute atomic E-state index is 0.00527. The van der Waals surface area contributed by atoms with Crippen molar-refractivity contribution in [1.82, 2.24) is 24.7 Å². The summed E-state index contributed by atoms with van der Waals surface area (Å²) in [6, 6.07) is 12.0. The molecule has 202 valence electrons. The fraction of sp³-hybridized carbons (Fsp3) is 0.500. The van der Waals surface area contributed by atoms with Crippen molar-refractivity contribution in [2.45, 2.75) is 32.6 Å². The van der Waals surface area contributed by atoms with Gasteiger partial charge in [-0.2, -0.15) is 0 Å². The molecule has 0 bridgehead atoms. The van der Waals surface area contributed by atoms with E-state index in [1.165, 1.54) is 38.9 Å². The zero-order chi connectivity index (χ0) is 26.3. The number of amides is 1. The number of piperazine rings is 1. The molecule has 0 aliphatic carbocycles. The molecule has 2 aliphatic heterocycles. The van der Waals surface area contributed by atoms with E-state index in [0.29, 0.717) is 6.54 Å². The van der Waals surface area contributed by atoms with Crippen LogP contribution in [0.4, 0.5) is 5.69 Å². The van der Waals surface area contributed by atoms with E-state index in [0.717, 1.165) is 78.4 Å². The maximum atomic E-state index is 13.2. The first-order valence-corrected chi connectivity index (χ1v) is 14.0. The van der Waals surface area contributed by atoms with Crippen molar-refractivity contribution in [1.29, 1.82) is 0 Å². The van der Waals surface area contributed by atoms with Crippen LogP contribution in [-0.2, 0) is 11.2 Å². The molecule has 1 aromatic heterocycles.